The lowest BCUT2D eigenvalue weighted by atomic mass is 9.89. The van der Waals surface area contributed by atoms with E-state index in [1.54, 1.807) is 0 Å². The van der Waals surface area contributed by atoms with Crippen molar-refractivity contribution in [3.8, 4) is 0 Å². The van der Waals surface area contributed by atoms with Gasteiger partial charge in [-0.1, -0.05) is 37.8 Å². The summed E-state index contributed by atoms with van der Waals surface area (Å²) in [6.07, 6.45) is 7.68. The van der Waals surface area contributed by atoms with E-state index in [1.165, 1.54) is 6.92 Å². The van der Waals surface area contributed by atoms with E-state index in [2.05, 4.69) is 22.4 Å². The van der Waals surface area contributed by atoms with Gasteiger partial charge in [0, 0.05) is 32.9 Å². The van der Waals surface area contributed by atoms with Crippen LogP contribution < -0.4 is 11.1 Å². The molecule has 164 valence electrons. The van der Waals surface area contributed by atoms with Crippen LogP contribution in [0.15, 0.2) is 4.52 Å². The van der Waals surface area contributed by atoms with Crippen molar-refractivity contribution in [2.24, 2.45) is 11.1 Å². The lowest BCUT2D eigenvalue weighted by Crippen LogP contribution is -2.45. The molecule has 0 radical (unpaired) electrons. The van der Waals surface area contributed by atoms with Gasteiger partial charge in [-0.3, -0.25) is 9.59 Å². The molecule has 29 heavy (non-hydrogen) atoms. The first-order valence-corrected chi connectivity index (χ1v) is 10.5. The zero-order valence-electron chi connectivity index (χ0n) is 17.5. The number of aryl methyl sites for hydroxylation is 1. The number of likely N-dealkylation sites (tertiary alicyclic amines) is 1. The maximum absolute atomic E-state index is 12.5. The van der Waals surface area contributed by atoms with Crippen molar-refractivity contribution in [1.82, 2.24) is 20.4 Å². The Morgan fingerprint density at radius 2 is 1.90 bits per heavy atom. The Morgan fingerprint density at radius 1 is 1.21 bits per heavy atom. The highest BCUT2D eigenvalue weighted by molar-refractivity contribution is 5.85. The Morgan fingerprint density at radius 3 is 2.48 bits per heavy atom. The van der Waals surface area contributed by atoms with Crippen molar-refractivity contribution in [1.29, 1.82) is 0 Å². The smallest absolute Gasteiger partial charge is 0.227 e. The summed E-state index contributed by atoms with van der Waals surface area (Å²) in [6, 6.07) is 0. The van der Waals surface area contributed by atoms with E-state index in [0.717, 1.165) is 51.5 Å². The number of carbonyl (C=O) groups is 2. The minimum absolute atomic E-state index is 0. The Balaban J connectivity index is 0.00000300. The number of halogens is 1. The molecule has 2 fully saturated rings. The minimum atomic E-state index is -0.550. The molecule has 8 nitrogen and oxygen atoms in total. The fourth-order valence-corrected chi connectivity index (χ4v) is 4.40. The topological polar surface area (TPSA) is 114 Å². The number of carbonyl (C=O) groups excluding carboxylic acids is 2. The molecule has 9 heteroatoms. The zero-order chi connectivity index (χ0) is 20.2. The number of hydrogen-bond acceptors (Lipinski definition) is 6. The molecular weight excluding hydrogens is 394 g/mol. The van der Waals surface area contributed by atoms with E-state index in [-0.39, 0.29) is 29.6 Å². The average Bonchev–Trinajstić information content (AvgIpc) is 3.23. The lowest BCUT2D eigenvalue weighted by molar-refractivity contribution is -0.130. The molecule has 0 bridgehead atoms. The van der Waals surface area contributed by atoms with Crippen molar-refractivity contribution in [3.63, 3.8) is 0 Å². The van der Waals surface area contributed by atoms with Crippen LogP contribution in [0, 0.1) is 5.41 Å². The van der Waals surface area contributed by atoms with Gasteiger partial charge in [-0.15, -0.1) is 12.4 Å². The Bertz CT molecular complexity index is 702. The van der Waals surface area contributed by atoms with E-state index in [0.29, 0.717) is 37.6 Å². The van der Waals surface area contributed by atoms with Gasteiger partial charge in [0.15, 0.2) is 5.82 Å². The lowest BCUT2D eigenvalue weighted by Gasteiger charge is -2.30. The van der Waals surface area contributed by atoms with Gasteiger partial charge in [-0.05, 0) is 31.2 Å². The van der Waals surface area contributed by atoms with E-state index >= 15 is 0 Å². The average molecular weight is 428 g/mol. The highest BCUT2D eigenvalue weighted by Gasteiger charge is 2.38. The summed E-state index contributed by atoms with van der Waals surface area (Å²) in [6.45, 7) is 5.71. The number of nitrogens with two attached hydrogens (primary N) is 1. The van der Waals surface area contributed by atoms with Gasteiger partial charge in [0.25, 0.3) is 0 Å². The van der Waals surface area contributed by atoms with Crippen molar-refractivity contribution in [2.75, 3.05) is 19.6 Å². The Kier molecular flexibility index (Phi) is 8.05. The van der Waals surface area contributed by atoms with Crippen molar-refractivity contribution in [3.05, 3.63) is 11.7 Å². The summed E-state index contributed by atoms with van der Waals surface area (Å²) in [5.41, 5.74) is 5.30. The second kappa shape index (κ2) is 9.89. The quantitative estimate of drug-likeness (QED) is 0.673. The summed E-state index contributed by atoms with van der Waals surface area (Å²) in [4.78, 5) is 30.8. The number of rotatable bonds is 6. The molecule has 2 aliphatic rings. The molecule has 0 spiro atoms. The van der Waals surface area contributed by atoms with Gasteiger partial charge >= 0.3 is 0 Å². The molecule has 2 amide bonds. The van der Waals surface area contributed by atoms with Crippen LogP contribution in [0.1, 0.15) is 76.9 Å². The minimum Gasteiger partial charge on any atom is -0.343 e. The first kappa shape index (κ1) is 23.6. The monoisotopic (exact) mass is 427 g/mol. The number of nitrogens with zero attached hydrogens (tertiary/aromatic N) is 3. The van der Waals surface area contributed by atoms with E-state index < -0.39 is 5.54 Å². The molecule has 1 unspecified atom stereocenters. The molecule has 1 aliphatic carbocycles. The van der Waals surface area contributed by atoms with Crippen LogP contribution in [0.25, 0.3) is 0 Å². The number of amides is 2. The maximum Gasteiger partial charge on any atom is 0.227 e. The molecule has 1 aromatic rings. The van der Waals surface area contributed by atoms with Crippen LogP contribution in [-0.4, -0.2) is 46.5 Å². The largest absolute Gasteiger partial charge is 0.343 e. The number of nitrogens with one attached hydrogen (secondary N) is 1. The van der Waals surface area contributed by atoms with Crippen LogP contribution in [0.5, 0.6) is 0 Å². The first-order valence-electron chi connectivity index (χ1n) is 10.5. The second-order valence-corrected chi connectivity index (χ2v) is 8.77. The van der Waals surface area contributed by atoms with Crippen molar-refractivity contribution >= 4 is 24.2 Å². The fourth-order valence-electron chi connectivity index (χ4n) is 4.40. The highest BCUT2D eigenvalue weighted by Crippen LogP contribution is 2.35. The van der Waals surface area contributed by atoms with E-state index in [9.17, 15) is 9.59 Å². The third-order valence-corrected chi connectivity index (χ3v) is 6.22. The van der Waals surface area contributed by atoms with E-state index in [1.807, 2.05) is 4.90 Å². The third-order valence-electron chi connectivity index (χ3n) is 6.22. The molecule has 3 rings (SSSR count). The standard InChI is InChI=1S/C20H33N5O3.ClH/c1-15(26)23-20(9-5-3-4-6-10-20)18-22-16(28-24-18)7-8-17(27)25-12-11-19(2,13-21)14-25;/h3-14,21H2,1-2H3,(H,23,26);1H. The predicted molar refractivity (Wildman–Crippen MR) is 111 cm³/mol. The Hall–Kier alpha value is -1.67. The molecule has 3 N–H and O–H groups in total. The number of hydrogen-bond donors (Lipinski definition) is 2. The van der Waals surface area contributed by atoms with Crippen LogP contribution in [-0.2, 0) is 21.5 Å². The van der Waals surface area contributed by atoms with Crippen LogP contribution >= 0.6 is 12.4 Å². The third kappa shape index (κ3) is 5.69. The van der Waals surface area contributed by atoms with Gasteiger partial charge in [-0.2, -0.15) is 4.98 Å². The molecule has 1 saturated heterocycles. The van der Waals surface area contributed by atoms with Gasteiger partial charge < -0.3 is 20.5 Å². The maximum atomic E-state index is 12.5. The van der Waals surface area contributed by atoms with Gasteiger partial charge in [0.05, 0.1) is 0 Å². The van der Waals surface area contributed by atoms with Crippen molar-refractivity contribution in [2.45, 2.75) is 77.2 Å². The molecule has 1 saturated carbocycles. The summed E-state index contributed by atoms with van der Waals surface area (Å²) >= 11 is 0. The normalized spacial score (nSPS) is 23.9. The molecule has 0 aromatic carbocycles. The summed E-state index contributed by atoms with van der Waals surface area (Å²) in [5.74, 6) is 1.02. The van der Waals surface area contributed by atoms with Crippen LogP contribution in [0.2, 0.25) is 0 Å². The van der Waals surface area contributed by atoms with Gasteiger partial charge in [0.2, 0.25) is 17.7 Å². The summed E-state index contributed by atoms with van der Waals surface area (Å²) < 4.78 is 5.44. The molecule has 2 heterocycles. The first-order chi connectivity index (χ1) is 13.4. The SMILES string of the molecule is CC(=O)NC1(c2noc(CCC(=O)N3CCC(C)(CN)C3)n2)CCCCCC1.Cl. The fraction of sp³-hybridized carbons (Fsp3) is 0.800. The Labute approximate surface area is 178 Å². The summed E-state index contributed by atoms with van der Waals surface area (Å²) in [7, 11) is 0. The van der Waals surface area contributed by atoms with Crippen LogP contribution in [0.3, 0.4) is 0 Å². The van der Waals surface area contributed by atoms with Crippen molar-refractivity contribution < 1.29 is 14.1 Å². The number of aromatic nitrogens is 2. The summed E-state index contributed by atoms with van der Waals surface area (Å²) in [5, 5.41) is 7.26. The highest BCUT2D eigenvalue weighted by atomic mass is 35.5. The zero-order valence-corrected chi connectivity index (χ0v) is 18.4. The molecule has 1 atom stereocenters. The molecule has 1 aliphatic heterocycles. The van der Waals surface area contributed by atoms with E-state index in [4.69, 9.17) is 10.3 Å². The van der Waals surface area contributed by atoms with Crippen LogP contribution in [0.4, 0.5) is 0 Å². The molecule has 1 aromatic heterocycles. The predicted octanol–water partition coefficient (Wildman–Crippen LogP) is 2.31. The second-order valence-electron chi connectivity index (χ2n) is 8.77. The van der Waals surface area contributed by atoms with Gasteiger partial charge in [0.1, 0.15) is 5.54 Å². The van der Waals surface area contributed by atoms with Gasteiger partial charge in [-0.25, -0.2) is 0 Å². The molecular formula is C20H34ClN5O3.